The molecule has 0 saturated carbocycles. The van der Waals surface area contributed by atoms with Gasteiger partial charge in [0.1, 0.15) is 0 Å². The Hall–Kier alpha value is -2.54. The van der Waals surface area contributed by atoms with Gasteiger partial charge in [0.15, 0.2) is 0 Å². The van der Waals surface area contributed by atoms with Crippen molar-refractivity contribution in [1.82, 2.24) is 5.43 Å². The number of carbonyl (C=O) groups is 1. The first-order chi connectivity index (χ1) is 10.9. The fourth-order valence-electron chi connectivity index (χ4n) is 1.96. The molecule has 2 aromatic carbocycles. The maximum Gasteiger partial charge on any atom is 0.272 e. The van der Waals surface area contributed by atoms with E-state index in [0.717, 1.165) is 10.0 Å². The number of nitro benzene ring substituents is 1. The number of hydrogen-bond donors (Lipinski definition) is 1. The predicted octanol–water partition coefficient (Wildman–Crippen LogP) is 3.82. The Bertz CT molecular complexity index is 786. The summed E-state index contributed by atoms with van der Waals surface area (Å²) < 4.78 is 0.958. The van der Waals surface area contributed by atoms with E-state index in [1.807, 2.05) is 24.3 Å². The van der Waals surface area contributed by atoms with Crippen molar-refractivity contribution < 1.29 is 9.72 Å². The number of rotatable bonds is 4. The first kappa shape index (κ1) is 16.8. The molecule has 1 amide bonds. The highest BCUT2D eigenvalue weighted by Gasteiger charge is 2.13. The standard InChI is InChI=1S/C16H14BrN3O3/c1-10-9-13(5-8-15(10)20(22)23)16(21)19-18-11(2)12-3-6-14(17)7-4-12/h3-9H,1-2H3,(H,19,21)/b18-11-. The van der Waals surface area contributed by atoms with Crippen LogP contribution in [0.2, 0.25) is 0 Å². The third kappa shape index (κ3) is 4.23. The molecule has 0 atom stereocenters. The first-order valence-corrected chi connectivity index (χ1v) is 7.53. The van der Waals surface area contributed by atoms with Crippen LogP contribution in [0.1, 0.15) is 28.4 Å². The van der Waals surface area contributed by atoms with Gasteiger partial charge in [-0.2, -0.15) is 5.10 Å². The Balaban J connectivity index is 2.12. The second kappa shape index (κ2) is 7.15. The van der Waals surface area contributed by atoms with Crippen molar-refractivity contribution in [1.29, 1.82) is 0 Å². The zero-order valence-corrected chi connectivity index (χ0v) is 14.1. The van der Waals surface area contributed by atoms with Gasteiger partial charge in [-0.05, 0) is 43.7 Å². The highest BCUT2D eigenvalue weighted by atomic mass is 79.9. The Kier molecular flexibility index (Phi) is 5.23. The van der Waals surface area contributed by atoms with Crippen LogP contribution >= 0.6 is 15.9 Å². The molecule has 6 nitrogen and oxygen atoms in total. The molecule has 0 unspecified atom stereocenters. The lowest BCUT2D eigenvalue weighted by Crippen LogP contribution is -2.19. The minimum atomic E-state index is -0.479. The van der Waals surface area contributed by atoms with Gasteiger partial charge in [0.25, 0.3) is 11.6 Å². The van der Waals surface area contributed by atoms with Gasteiger partial charge in [0.05, 0.1) is 10.6 Å². The summed E-state index contributed by atoms with van der Waals surface area (Å²) in [6.45, 7) is 3.37. The Morgan fingerprint density at radius 3 is 2.35 bits per heavy atom. The number of nitro groups is 1. The molecule has 0 saturated heterocycles. The third-order valence-electron chi connectivity index (χ3n) is 3.24. The number of amides is 1. The monoisotopic (exact) mass is 375 g/mol. The van der Waals surface area contributed by atoms with Crippen molar-refractivity contribution in [3.63, 3.8) is 0 Å². The fraction of sp³-hybridized carbons (Fsp3) is 0.125. The number of hydrogen-bond acceptors (Lipinski definition) is 4. The summed E-state index contributed by atoms with van der Waals surface area (Å²) in [4.78, 5) is 22.4. The number of carbonyl (C=O) groups excluding carboxylic acids is 1. The normalized spacial score (nSPS) is 11.2. The number of nitrogens with one attached hydrogen (secondary N) is 1. The lowest BCUT2D eigenvalue weighted by molar-refractivity contribution is -0.385. The van der Waals surface area contributed by atoms with E-state index >= 15 is 0 Å². The largest absolute Gasteiger partial charge is 0.272 e. The number of aryl methyl sites for hydroxylation is 1. The quantitative estimate of drug-likeness (QED) is 0.500. The van der Waals surface area contributed by atoms with E-state index in [2.05, 4.69) is 26.5 Å². The topological polar surface area (TPSA) is 84.6 Å². The molecule has 0 fully saturated rings. The SMILES string of the molecule is C/C(=N/NC(=O)c1ccc([N+](=O)[O-])c(C)c1)c1ccc(Br)cc1. The molecule has 0 aliphatic heterocycles. The van der Waals surface area contributed by atoms with Crippen molar-refractivity contribution >= 4 is 33.2 Å². The summed E-state index contributed by atoms with van der Waals surface area (Å²) in [5.74, 6) is -0.417. The van der Waals surface area contributed by atoms with Crippen molar-refractivity contribution in [2.24, 2.45) is 5.10 Å². The molecule has 23 heavy (non-hydrogen) atoms. The average molecular weight is 376 g/mol. The minimum absolute atomic E-state index is 0.0175. The van der Waals surface area contributed by atoms with E-state index in [1.165, 1.54) is 18.2 Å². The number of nitrogens with zero attached hydrogens (tertiary/aromatic N) is 2. The van der Waals surface area contributed by atoms with Crippen LogP contribution in [-0.2, 0) is 0 Å². The van der Waals surface area contributed by atoms with Gasteiger partial charge in [-0.1, -0.05) is 28.1 Å². The van der Waals surface area contributed by atoms with Gasteiger partial charge < -0.3 is 0 Å². The maximum atomic E-state index is 12.1. The van der Waals surface area contributed by atoms with Gasteiger partial charge in [-0.3, -0.25) is 14.9 Å². The number of hydrazone groups is 1. The van der Waals surface area contributed by atoms with E-state index in [-0.39, 0.29) is 5.69 Å². The van der Waals surface area contributed by atoms with E-state index < -0.39 is 10.8 Å². The van der Waals surface area contributed by atoms with Crippen LogP contribution in [0.5, 0.6) is 0 Å². The van der Waals surface area contributed by atoms with Crippen LogP contribution < -0.4 is 5.43 Å². The molecular formula is C16H14BrN3O3. The predicted molar refractivity (Wildman–Crippen MR) is 91.7 cm³/mol. The number of halogens is 1. The molecule has 0 aromatic heterocycles. The zero-order chi connectivity index (χ0) is 17.0. The molecule has 1 N–H and O–H groups in total. The molecule has 0 radical (unpaired) electrons. The molecule has 0 bridgehead atoms. The summed E-state index contributed by atoms with van der Waals surface area (Å²) in [5, 5.41) is 14.8. The fourth-order valence-corrected chi connectivity index (χ4v) is 2.22. The molecule has 0 aliphatic rings. The molecule has 0 spiro atoms. The average Bonchev–Trinajstić information content (AvgIpc) is 2.52. The van der Waals surface area contributed by atoms with Crippen molar-refractivity contribution in [2.75, 3.05) is 0 Å². The van der Waals surface area contributed by atoms with E-state index in [9.17, 15) is 14.9 Å². The van der Waals surface area contributed by atoms with Crippen molar-refractivity contribution in [3.05, 3.63) is 73.7 Å². The maximum absolute atomic E-state index is 12.1. The van der Waals surface area contributed by atoms with Gasteiger partial charge >= 0.3 is 0 Å². The molecule has 2 aromatic rings. The first-order valence-electron chi connectivity index (χ1n) is 6.74. The minimum Gasteiger partial charge on any atom is -0.267 e. The van der Waals surface area contributed by atoms with Gasteiger partial charge in [-0.25, -0.2) is 5.43 Å². The molecule has 0 aliphatic carbocycles. The molecule has 118 valence electrons. The number of benzene rings is 2. The van der Waals surface area contributed by atoms with Crippen LogP contribution in [0.25, 0.3) is 0 Å². The van der Waals surface area contributed by atoms with Crippen molar-refractivity contribution in [2.45, 2.75) is 13.8 Å². The van der Waals surface area contributed by atoms with Crippen LogP contribution in [0.3, 0.4) is 0 Å². The molecule has 7 heteroatoms. The van der Waals surface area contributed by atoms with Gasteiger partial charge in [0, 0.05) is 21.7 Å². The Morgan fingerprint density at radius 1 is 1.17 bits per heavy atom. The van der Waals surface area contributed by atoms with Crippen LogP contribution in [-0.4, -0.2) is 16.5 Å². The summed E-state index contributed by atoms with van der Waals surface area (Å²) in [5.41, 5.74) is 4.72. The highest BCUT2D eigenvalue weighted by Crippen LogP contribution is 2.18. The summed E-state index contributed by atoms with van der Waals surface area (Å²) in [6, 6.07) is 11.7. The second-order valence-electron chi connectivity index (χ2n) is 4.90. The van der Waals surface area contributed by atoms with E-state index in [0.29, 0.717) is 16.8 Å². The third-order valence-corrected chi connectivity index (χ3v) is 3.77. The Labute approximate surface area is 141 Å². The smallest absolute Gasteiger partial charge is 0.267 e. The van der Waals surface area contributed by atoms with Crippen LogP contribution in [0, 0.1) is 17.0 Å². The summed E-state index contributed by atoms with van der Waals surface area (Å²) in [7, 11) is 0. The molecule has 2 rings (SSSR count). The molecular weight excluding hydrogens is 362 g/mol. The van der Waals surface area contributed by atoms with Gasteiger partial charge in [-0.15, -0.1) is 0 Å². The van der Waals surface area contributed by atoms with Gasteiger partial charge in [0.2, 0.25) is 0 Å². The van der Waals surface area contributed by atoms with Crippen LogP contribution in [0.15, 0.2) is 52.0 Å². The molecule has 0 heterocycles. The van der Waals surface area contributed by atoms with E-state index in [1.54, 1.807) is 13.8 Å². The van der Waals surface area contributed by atoms with Crippen LogP contribution in [0.4, 0.5) is 5.69 Å². The van der Waals surface area contributed by atoms with E-state index in [4.69, 9.17) is 0 Å². The Morgan fingerprint density at radius 2 is 1.78 bits per heavy atom. The van der Waals surface area contributed by atoms with Crippen molar-refractivity contribution in [3.8, 4) is 0 Å². The lowest BCUT2D eigenvalue weighted by Gasteiger charge is -2.04. The second-order valence-corrected chi connectivity index (χ2v) is 5.82. The highest BCUT2D eigenvalue weighted by molar-refractivity contribution is 9.10. The summed E-state index contributed by atoms with van der Waals surface area (Å²) in [6.07, 6.45) is 0. The summed E-state index contributed by atoms with van der Waals surface area (Å²) >= 11 is 3.35. The zero-order valence-electron chi connectivity index (χ0n) is 12.5. The lowest BCUT2D eigenvalue weighted by atomic mass is 10.1.